The third kappa shape index (κ3) is 2.12. The molecule has 102 valence electrons. The highest BCUT2D eigenvalue weighted by Crippen LogP contribution is 2.30. The van der Waals surface area contributed by atoms with E-state index in [0.29, 0.717) is 0 Å². The molecule has 0 saturated heterocycles. The van der Waals surface area contributed by atoms with Gasteiger partial charge in [-0.3, -0.25) is 0 Å². The Hall–Kier alpha value is -2.06. The summed E-state index contributed by atoms with van der Waals surface area (Å²) in [5.74, 6) is 0. The number of rotatable bonds is 3. The average Bonchev–Trinajstić information content (AvgIpc) is 2.77. The van der Waals surface area contributed by atoms with E-state index in [4.69, 9.17) is 0 Å². The first kappa shape index (κ1) is 12.9. The van der Waals surface area contributed by atoms with Gasteiger partial charge in [0.05, 0.1) is 12.1 Å². The maximum absolute atomic E-state index is 10.3. The summed E-state index contributed by atoms with van der Waals surface area (Å²) in [6, 6.07) is 20.6. The van der Waals surface area contributed by atoms with Gasteiger partial charge in [-0.15, -0.1) is 0 Å². The van der Waals surface area contributed by atoms with Crippen LogP contribution in [-0.4, -0.2) is 15.8 Å². The maximum atomic E-state index is 10.3. The van der Waals surface area contributed by atoms with Crippen LogP contribution in [0.1, 0.15) is 24.2 Å². The molecule has 20 heavy (non-hydrogen) atoms. The molecular formula is C18H19NO. The van der Waals surface area contributed by atoms with Crippen LogP contribution in [0.4, 0.5) is 0 Å². The standard InChI is InChI=1S/C18H19NO/c1-13-12-16-10-6-7-11-17(16)19(13)18(14(2)20)15-8-4-3-5-9-15/h3-12,14,18,20H,1-2H3. The molecule has 2 unspecified atom stereocenters. The molecule has 1 heterocycles. The zero-order chi connectivity index (χ0) is 14.1. The zero-order valence-corrected chi connectivity index (χ0v) is 11.8. The second kappa shape index (κ2) is 5.14. The SMILES string of the molecule is Cc1cc2ccccc2n1C(c1ccccc1)C(C)O. The Morgan fingerprint density at radius 1 is 0.950 bits per heavy atom. The van der Waals surface area contributed by atoms with Crippen LogP contribution >= 0.6 is 0 Å². The van der Waals surface area contributed by atoms with Gasteiger partial charge in [0.2, 0.25) is 0 Å². The second-order valence-electron chi connectivity index (χ2n) is 5.31. The van der Waals surface area contributed by atoms with Crippen molar-refractivity contribution in [1.29, 1.82) is 0 Å². The van der Waals surface area contributed by atoms with Crippen LogP contribution in [-0.2, 0) is 0 Å². The molecule has 2 atom stereocenters. The van der Waals surface area contributed by atoms with E-state index >= 15 is 0 Å². The van der Waals surface area contributed by atoms with Gasteiger partial charge < -0.3 is 9.67 Å². The number of para-hydroxylation sites is 1. The summed E-state index contributed by atoms with van der Waals surface area (Å²) in [6.45, 7) is 3.95. The number of aliphatic hydroxyl groups is 1. The number of fused-ring (bicyclic) bond motifs is 1. The molecule has 1 N–H and O–H groups in total. The molecule has 0 aliphatic rings. The van der Waals surface area contributed by atoms with Gasteiger partial charge in [-0.1, -0.05) is 48.5 Å². The van der Waals surface area contributed by atoms with E-state index in [2.05, 4.69) is 41.8 Å². The minimum atomic E-state index is -0.452. The zero-order valence-electron chi connectivity index (χ0n) is 11.8. The van der Waals surface area contributed by atoms with Gasteiger partial charge in [0.25, 0.3) is 0 Å². The third-order valence-electron chi connectivity index (χ3n) is 3.82. The molecule has 0 saturated carbocycles. The molecule has 2 nitrogen and oxygen atoms in total. The molecule has 0 amide bonds. The van der Waals surface area contributed by atoms with Gasteiger partial charge in [0.1, 0.15) is 0 Å². The van der Waals surface area contributed by atoms with Gasteiger partial charge in [-0.2, -0.15) is 0 Å². The number of aryl methyl sites for hydroxylation is 1. The molecule has 0 aliphatic heterocycles. The molecule has 2 heteroatoms. The van der Waals surface area contributed by atoms with Gasteiger partial charge in [-0.05, 0) is 36.9 Å². The molecule has 0 bridgehead atoms. The van der Waals surface area contributed by atoms with E-state index < -0.39 is 6.10 Å². The van der Waals surface area contributed by atoms with Crippen LogP contribution in [0.25, 0.3) is 10.9 Å². The van der Waals surface area contributed by atoms with Crippen molar-refractivity contribution < 1.29 is 5.11 Å². The highest BCUT2D eigenvalue weighted by molar-refractivity contribution is 5.81. The van der Waals surface area contributed by atoms with E-state index in [9.17, 15) is 5.11 Å². The van der Waals surface area contributed by atoms with E-state index in [-0.39, 0.29) is 6.04 Å². The first-order chi connectivity index (χ1) is 9.68. The predicted molar refractivity (Wildman–Crippen MR) is 82.9 cm³/mol. The number of benzene rings is 2. The number of nitrogens with zero attached hydrogens (tertiary/aromatic N) is 1. The smallest absolute Gasteiger partial charge is 0.0845 e. The minimum absolute atomic E-state index is 0.0592. The lowest BCUT2D eigenvalue weighted by molar-refractivity contribution is 0.150. The molecule has 0 aliphatic carbocycles. The van der Waals surface area contributed by atoms with Gasteiger partial charge in [-0.25, -0.2) is 0 Å². The van der Waals surface area contributed by atoms with Crippen LogP contribution < -0.4 is 0 Å². The van der Waals surface area contributed by atoms with Crippen molar-refractivity contribution >= 4 is 10.9 Å². The maximum Gasteiger partial charge on any atom is 0.0845 e. The van der Waals surface area contributed by atoms with Crippen LogP contribution in [0.2, 0.25) is 0 Å². The van der Waals surface area contributed by atoms with Crippen LogP contribution in [0.3, 0.4) is 0 Å². The third-order valence-corrected chi connectivity index (χ3v) is 3.82. The van der Waals surface area contributed by atoms with Crippen LogP contribution in [0.15, 0.2) is 60.7 Å². The fourth-order valence-electron chi connectivity index (χ4n) is 2.98. The highest BCUT2D eigenvalue weighted by atomic mass is 16.3. The number of aromatic nitrogens is 1. The summed E-state index contributed by atoms with van der Waals surface area (Å²) in [4.78, 5) is 0. The lowest BCUT2D eigenvalue weighted by atomic mass is 10.0. The van der Waals surface area contributed by atoms with Crippen LogP contribution in [0, 0.1) is 6.92 Å². The molecule has 1 aromatic heterocycles. The molecule has 0 radical (unpaired) electrons. The Bertz CT molecular complexity index is 713. The largest absolute Gasteiger partial charge is 0.391 e. The molecule has 2 aromatic carbocycles. The van der Waals surface area contributed by atoms with E-state index in [1.807, 2.05) is 37.3 Å². The minimum Gasteiger partial charge on any atom is -0.391 e. The number of aliphatic hydroxyl groups excluding tert-OH is 1. The van der Waals surface area contributed by atoms with Gasteiger partial charge >= 0.3 is 0 Å². The summed E-state index contributed by atoms with van der Waals surface area (Å²) in [5, 5.41) is 11.5. The van der Waals surface area contributed by atoms with E-state index in [1.54, 1.807) is 0 Å². The fourth-order valence-corrected chi connectivity index (χ4v) is 2.98. The van der Waals surface area contributed by atoms with Crippen molar-refractivity contribution in [2.75, 3.05) is 0 Å². The molecule has 0 fully saturated rings. The Labute approximate surface area is 119 Å². The summed E-state index contributed by atoms with van der Waals surface area (Å²) < 4.78 is 2.23. The van der Waals surface area contributed by atoms with E-state index in [0.717, 1.165) is 5.56 Å². The summed E-state index contributed by atoms with van der Waals surface area (Å²) in [5.41, 5.74) is 3.47. The molecule has 0 spiro atoms. The van der Waals surface area contributed by atoms with Crippen molar-refractivity contribution in [2.45, 2.75) is 26.0 Å². The van der Waals surface area contributed by atoms with Crippen molar-refractivity contribution in [3.05, 3.63) is 71.9 Å². The number of hydrogen-bond donors (Lipinski definition) is 1. The fraction of sp³-hybridized carbons (Fsp3) is 0.222. The number of hydrogen-bond acceptors (Lipinski definition) is 1. The second-order valence-corrected chi connectivity index (χ2v) is 5.31. The Balaban J connectivity index is 2.23. The van der Waals surface area contributed by atoms with Crippen LogP contribution in [0.5, 0.6) is 0 Å². The van der Waals surface area contributed by atoms with Crippen molar-refractivity contribution in [3.63, 3.8) is 0 Å². The Morgan fingerprint density at radius 2 is 1.60 bits per heavy atom. The van der Waals surface area contributed by atoms with Gasteiger partial charge in [0, 0.05) is 11.2 Å². The average molecular weight is 265 g/mol. The topological polar surface area (TPSA) is 25.2 Å². The normalized spacial score (nSPS) is 14.3. The van der Waals surface area contributed by atoms with Crippen molar-refractivity contribution in [3.8, 4) is 0 Å². The summed E-state index contributed by atoms with van der Waals surface area (Å²) in [6.07, 6.45) is -0.452. The Morgan fingerprint density at radius 3 is 2.30 bits per heavy atom. The summed E-state index contributed by atoms with van der Waals surface area (Å²) >= 11 is 0. The van der Waals surface area contributed by atoms with Crippen molar-refractivity contribution in [1.82, 2.24) is 4.57 Å². The predicted octanol–water partition coefficient (Wildman–Crippen LogP) is 3.92. The Kier molecular flexibility index (Phi) is 3.33. The van der Waals surface area contributed by atoms with E-state index in [1.165, 1.54) is 16.6 Å². The first-order valence-electron chi connectivity index (χ1n) is 6.98. The highest BCUT2D eigenvalue weighted by Gasteiger charge is 2.22. The molecule has 3 aromatic rings. The molecule has 3 rings (SSSR count). The van der Waals surface area contributed by atoms with Crippen molar-refractivity contribution in [2.24, 2.45) is 0 Å². The first-order valence-corrected chi connectivity index (χ1v) is 6.98. The quantitative estimate of drug-likeness (QED) is 0.763. The lowest BCUT2D eigenvalue weighted by Crippen LogP contribution is -2.23. The monoisotopic (exact) mass is 265 g/mol. The van der Waals surface area contributed by atoms with Gasteiger partial charge in [0.15, 0.2) is 0 Å². The lowest BCUT2D eigenvalue weighted by Gasteiger charge is -2.25. The summed E-state index contributed by atoms with van der Waals surface area (Å²) in [7, 11) is 0. The molecular weight excluding hydrogens is 246 g/mol.